The van der Waals surface area contributed by atoms with Crippen LogP contribution in [0.25, 0.3) is 0 Å². The Bertz CT molecular complexity index is 957. The first-order valence-electron chi connectivity index (χ1n) is 12.7. The van der Waals surface area contributed by atoms with Crippen LogP contribution in [0.2, 0.25) is 25.7 Å². The van der Waals surface area contributed by atoms with Gasteiger partial charge in [-0.1, -0.05) is 19.6 Å². The molecule has 200 valence electrons. The van der Waals surface area contributed by atoms with Crippen molar-refractivity contribution in [3.8, 4) is 0 Å². The van der Waals surface area contributed by atoms with E-state index in [1.807, 2.05) is 73.7 Å². The van der Waals surface area contributed by atoms with E-state index in [1.54, 1.807) is 10.9 Å². The molecule has 2 aliphatic rings. The van der Waals surface area contributed by atoms with Gasteiger partial charge in [0.2, 0.25) is 0 Å². The zero-order valence-corrected chi connectivity index (χ0v) is 25.0. The Kier molecular flexibility index (Phi) is 8.40. The van der Waals surface area contributed by atoms with Crippen molar-refractivity contribution in [3.63, 3.8) is 0 Å². The number of rotatable bonds is 7. The monoisotopic (exact) mass is 518 g/mol. The van der Waals surface area contributed by atoms with E-state index in [-0.39, 0.29) is 29.5 Å². The Balaban J connectivity index is 0.000000221. The maximum atomic E-state index is 6.00. The molecule has 2 fully saturated rings. The van der Waals surface area contributed by atoms with Gasteiger partial charge in [-0.15, -0.1) is 0 Å². The number of nitrogens with one attached hydrogen (secondary N) is 1. The molecule has 4 heterocycles. The number of hydrogen-bond acceptors (Lipinski definition) is 7. The molecule has 0 aromatic carbocycles. The molecule has 9 nitrogen and oxygen atoms in total. The molecule has 0 radical (unpaired) electrons. The zero-order chi connectivity index (χ0) is 27.0. The summed E-state index contributed by atoms with van der Waals surface area (Å²) >= 11 is 0. The van der Waals surface area contributed by atoms with Crippen LogP contribution in [0.1, 0.15) is 55.4 Å². The lowest BCUT2D eigenvalue weighted by atomic mass is 9.85. The summed E-state index contributed by atoms with van der Waals surface area (Å²) in [6, 6.07) is 4.96. The highest BCUT2D eigenvalue weighted by atomic mass is 28.3. The summed E-state index contributed by atoms with van der Waals surface area (Å²) in [6.45, 7) is 24.6. The number of aromatic nitrogens is 4. The molecule has 0 unspecified atom stereocenters. The Labute approximate surface area is 218 Å². The number of hydrogen-bond donors (Lipinski definition) is 1. The molecular weight excluding hydrogens is 474 g/mol. The minimum Gasteiger partial charge on any atom is -0.398 e. The van der Waals surface area contributed by atoms with Crippen LogP contribution in [0.15, 0.2) is 24.5 Å². The Morgan fingerprint density at radius 3 is 1.86 bits per heavy atom. The molecule has 12 heteroatoms. The topological polar surface area (TPSA) is 92.7 Å². The second kappa shape index (κ2) is 10.4. The van der Waals surface area contributed by atoms with Crippen molar-refractivity contribution in [2.24, 2.45) is 0 Å². The van der Waals surface area contributed by atoms with Crippen molar-refractivity contribution in [3.05, 3.63) is 24.5 Å². The van der Waals surface area contributed by atoms with Gasteiger partial charge in [0.05, 0.1) is 33.6 Å². The van der Waals surface area contributed by atoms with E-state index in [0.717, 1.165) is 17.8 Å². The van der Waals surface area contributed by atoms with Gasteiger partial charge in [0.15, 0.2) is 0 Å². The number of nitrogens with zero attached hydrogens (tertiary/aromatic N) is 3. The highest BCUT2D eigenvalue weighted by molar-refractivity contribution is 6.76. The molecule has 36 heavy (non-hydrogen) atoms. The van der Waals surface area contributed by atoms with E-state index in [2.05, 4.69) is 34.9 Å². The fraction of sp³-hybridized carbons (Fsp3) is 0.750. The maximum Gasteiger partial charge on any atom is 0.516 e. The molecule has 0 atom stereocenters. The molecule has 0 aliphatic carbocycles. The summed E-state index contributed by atoms with van der Waals surface area (Å²) in [4.78, 5) is 0. The van der Waals surface area contributed by atoms with Crippen LogP contribution in [0.3, 0.4) is 0 Å². The largest absolute Gasteiger partial charge is 0.516 e. The van der Waals surface area contributed by atoms with Gasteiger partial charge < -0.3 is 23.4 Å². The van der Waals surface area contributed by atoms with Crippen LogP contribution in [-0.2, 0) is 30.1 Å². The van der Waals surface area contributed by atoms with E-state index in [1.165, 1.54) is 6.04 Å². The molecule has 0 saturated carbocycles. The lowest BCUT2D eigenvalue weighted by Crippen LogP contribution is -2.41. The van der Waals surface area contributed by atoms with E-state index in [0.29, 0.717) is 6.73 Å². The third kappa shape index (κ3) is 6.90. The van der Waals surface area contributed by atoms with Crippen molar-refractivity contribution in [1.82, 2.24) is 20.0 Å². The summed E-state index contributed by atoms with van der Waals surface area (Å²) in [5.41, 5.74) is 0.409. The summed E-state index contributed by atoms with van der Waals surface area (Å²) < 4.78 is 31.1. The van der Waals surface area contributed by atoms with Crippen LogP contribution >= 0.6 is 0 Å². The first-order valence-corrected chi connectivity index (χ1v) is 16.4. The van der Waals surface area contributed by atoms with Crippen molar-refractivity contribution < 1.29 is 23.4 Å². The summed E-state index contributed by atoms with van der Waals surface area (Å²) in [7, 11) is -1.78. The fourth-order valence-corrected chi connectivity index (χ4v) is 4.20. The van der Waals surface area contributed by atoms with Gasteiger partial charge in [0.1, 0.15) is 6.73 Å². The molecule has 1 N–H and O–H groups in total. The van der Waals surface area contributed by atoms with Crippen molar-refractivity contribution >= 4 is 33.5 Å². The first-order chi connectivity index (χ1) is 16.4. The lowest BCUT2D eigenvalue weighted by Gasteiger charge is -2.32. The van der Waals surface area contributed by atoms with Gasteiger partial charge in [-0.3, -0.25) is 5.10 Å². The second-order valence-electron chi connectivity index (χ2n) is 12.8. The standard InChI is InChI=1S/C15H29BN2O3Si.C9H15BN2O2/c1-14(2)15(3,4)21-16(20-14)13-8-9-18(17-13)12-19-10-11-22(5,6)7;1-8(2)9(3,4)14-10(13-8)7-5-6-11-12-7/h8-9H,10-12H2,1-7H3;5-6H,1-4H3,(H,11,12). The Morgan fingerprint density at radius 1 is 0.861 bits per heavy atom. The maximum absolute atomic E-state index is 6.00. The van der Waals surface area contributed by atoms with Gasteiger partial charge in [-0.2, -0.15) is 10.2 Å². The molecule has 0 amide bonds. The highest BCUT2D eigenvalue weighted by Gasteiger charge is 2.53. The predicted molar refractivity (Wildman–Crippen MR) is 146 cm³/mol. The SMILES string of the molecule is CC1(C)OB(c2ccn(COCC[Si](C)(C)C)n2)OC1(C)C.CC1(C)OB(c2ccn[nH]2)OC1(C)C. The molecule has 2 saturated heterocycles. The third-order valence-corrected chi connectivity index (χ3v) is 9.11. The van der Waals surface area contributed by atoms with E-state index in [9.17, 15) is 0 Å². The van der Waals surface area contributed by atoms with Gasteiger partial charge in [-0.05, 0) is 73.6 Å². The van der Waals surface area contributed by atoms with Gasteiger partial charge in [0.25, 0.3) is 0 Å². The van der Waals surface area contributed by atoms with Crippen molar-refractivity contribution in [1.29, 1.82) is 0 Å². The summed E-state index contributed by atoms with van der Waals surface area (Å²) in [5, 5.41) is 11.2. The predicted octanol–water partition coefficient (Wildman–Crippen LogP) is 3.20. The molecule has 4 rings (SSSR count). The average molecular weight is 518 g/mol. The van der Waals surface area contributed by atoms with Gasteiger partial charge in [0, 0.05) is 27.1 Å². The van der Waals surface area contributed by atoms with E-state index < -0.39 is 15.2 Å². The third-order valence-electron chi connectivity index (χ3n) is 7.41. The minimum absolute atomic E-state index is 0.289. The highest BCUT2D eigenvalue weighted by Crippen LogP contribution is 2.37. The van der Waals surface area contributed by atoms with Gasteiger partial charge in [-0.25, -0.2) is 4.68 Å². The molecule has 2 aliphatic heterocycles. The second-order valence-corrected chi connectivity index (χ2v) is 18.4. The molecule has 2 aromatic rings. The van der Waals surface area contributed by atoms with Crippen molar-refractivity contribution in [2.75, 3.05) is 6.61 Å². The van der Waals surface area contributed by atoms with Crippen LogP contribution in [0.4, 0.5) is 0 Å². The number of aromatic amines is 1. The van der Waals surface area contributed by atoms with Crippen molar-refractivity contribution in [2.45, 2.75) is 110 Å². The quantitative estimate of drug-likeness (QED) is 0.445. The zero-order valence-electron chi connectivity index (χ0n) is 24.0. The lowest BCUT2D eigenvalue weighted by molar-refractivity contribution is 0.00578. The van der Waals surface area contributed by atoms with Crippen LogP contribution in [0, 0.1) is 0 Å². The molecule has 0 bridgehead atoms. The average Bonchev–Trinajstić information content (AvgIpc) is 3.47. The Morgan fingerprint density at radius 2 is 1.39 bits per heavy atom. The van der Waals surface area contributed by atoms with E-state index >= 15 is 0 Å². The van der Waals surface area contributed by atoms with Crippen LogP contribution in [-0.4, -0.2) is 71.3 Å². The molecular formula is C24H44B2N4O5Si. The summed E-state index contributed by atoms with van der Waals surface area (Å²) in [5.74, 6) is 0. The first kappa shape index (κ1) is 29.1. The summed E-state index contributed by atoms with van der Waals surface area (Å²) in [6.07, 6.45) is 3.61. The number of H-pyrrole nitrogens is 1. The fourth-order valence-electron chi connectivity index (χ4n) is 3.44. The number of ether oxygens (including phenoxy) is 1. The minimum atomic E-state index is -1.04. The molecule has 2 aromatic heterocycles. The smallest absolute Gasteiger partial charge is 0.398 e. The van der Waals surface area contributed by atoms with E-state index in [4.69, 9.17) is 23.4 Å². The molecule has 0 spiro atoms. The van der Waals surface area contributed by atoms with Crippen LogP contribution < -0.4 is 11.2 Å². The normalized spacial score (nSPS) is 22.0. The van der Waals surface area contributed by atoms with Crippen LogP contribution in [0.5, 0.6) is 0 Å². The Hall–Kier alpha value is -1.43. The van der Waals surface area contributed by atoms with Gasteiger partial charge >= 0.3 is 14.2 Å².